The van der Waals surface area contributed by atoms with Gasteiger partial charge in [-0.05, 0) is 43.2 Å². The van der Waals surface area contributed by atoms with Gasteiger partial charge in [0.05, 0.1) is 5.69 Å². The standard InChI is InChI=1S/C22H23N5O3/c1-15(28)23-18-7-5-6-17(14-18)21(29)26-12-10-16(11-13-26)20-24-25-22(30)27(20)19-8-3-2-4-9-19/h2-9,14,16H,10-13H2,1H3,(H,23,28)(H,25,30). The zero-order valence-electron chi connectivity index (χ0n) is 16.7. The second-order valence-electron chi connectivity index (χ2n) is 7.39. The number of hydrogen-bond acceptors (Lipinski definition) is 4. The highest BCUT2D eigenvalue weighted by Crippen LogP contribution is 2.28. The number of para-hydroxylation sites is 1. The van der Waals surface area contributed by atoms with Gasteiger partial charge in [-0.3, -0.25) is 9.59 Å². The van der Waals surface area contributed by atoms with Crippen LogP contribution in [-0.4, -0.2) is 44.6 Å². The highest BCUT2D eigenvalue weighted by atomic mass is 16.2. The number of hydrogen-bond donors (Lipinski definition) is 2. The molecule has 1 aliphatic rings. The number of rotatable bonds is 4. The molecule has 4 rings (SSSR count). The summed E-state index contributed by atoms with van der Waals surface area (Å²) in [5, 5.41) is 9.52. The van der Waals surface area contributed by atoms with Gasteiger partial charge in [0.25, 0.3) is 5.91 Å². The van der Waals surface area contributed by atoms with Crippen molar-refractivity contribution in [3.63, 3.8) is 0 Å². The number of amides is 2. The number of H-pyrrole nitrogens is 1. The number of anilines is 1. The van der Waals surface area contributed by atoms with Crippen LogP contribution in [0.25, 0.3) is 5.69 Å². The number of aromatic amines is 1. The van der Waals surface area contributed by atoms with E-state index in [0.717, 1.165) is 5.69 Å². The Kier molecular flexibility index (Phi) is 5.47. The van der Waals surface area contributed by atoms with Crippen molar-refractivity contribution in [3.05, 3.63) is 76.5 Å². The van der Waals surface area contributed by atoms with Gasteiger partial charge in [0, 0.05) is 37.2 Å². The van der Waals surface area contributed by atoms with Crippen molar-refractivity contribution < 1.29 is 9.59 Å². The fraction of sp³-hybridized carbons (Fsp3) is 0.273. The quantitative estimate of drug-likeness (QED) is 0.697. The molecule has 0 radical (unpaired) electrons. The van der Waals surface area contributed by atoms with Crippen molar-refractivity contribution >= 4 is 17.5 Å². The third-order valence-electron chi connectivity index (χ3n) is 5.29. The van der Waals surface area contributed by atoms with Crippen LogP contribution in [0.2, 0.25) is 0 Å². The highest BCUT2D eigenvalue weighted by molar-refractivity contribution is 5.96. The average molecular weight is 405 g/mol. The van der Waals surface area contributed by atoms with E-state index in [0.29, 0.717) is 43.0 Å². The molecular weight excluding hydrogens is 382 g/mol. The van der Waals surface area contributed by atoms with Crippen molar-refractivity contribution in [1.82, 2.24) is 19.7 Å². The topological polar surface area (TPSA) is 100 Å². The first-order valence-corrected chi connectivity index (χ1v) is 9.92. The summed E-state index contributed by atoms with van der Waals surface area (Å²) in [6, 6.07) is 16.4. The molecule has 0 atom stereocenters. The summed E-state index contributed by atoms with van der Waals surface area (Å²) in [5.74, 6) is 0.539. The predicted octanol–water partition coefficient (Wildman–Crippen LogP) is 2.54. The van der Waals surface area contributed by atoms with E-state index >= 15 is 0 Å². The van der Waals surface area contributed by atoms with Crippen molar-refractivity contribution in [2.45, 2.75) is 25.7 Å². The second-order valence-corrected chi connectivity index (χ2v) is 7.39. The molecule has 2 amide bonds. The number of likely N-dealkylation sites (tertiary alicyclic amines) is 1. The Labute approximate surface area is 173 Å². The lowest BCUT2D eigenvalue weighted by Gasteiger charge is -2.31. The van der Waals surface area contributed by atoms with Crippen molar-refractivity contribution in [2.24, 2.45) is 0 Å². The highest BCUT2D eigenvalue weighted by Gasteiger charge is 2.28. The molecule has 2 aromatic carbocycles. The zero-order chi connectivity index (χ0) is 21.1. The summed E-state index contributed by atoms with van der Waals surface area (Å²) >= 11 is 0. The molecule has 154 valence electrons. The minimum Gasteiger partial charge on any atom is -0.339 e. The Morgan fingerprint density at radius 1 is 1.07 bits per heavy atom. The molecule has 0 spiro atoms. The molecule has 2 heterocycles. The van der Waals surface area contributed by atoms with Gasteiger partial charge in [0.2, 0.25) is 5.91 Å². The number of aromatic nitrogens is 3. The maximum atomic E-state index is 12.9. The summed E-state index contributed by atoms with van der Waals surface area (Å²) < 4.78 is 1.61. The molecule has 8 heteroatoms. The van der Waals surface area contributed by atoms with Gasteiger partial charge in [-0.1, -0.05) is 24.3 Å². The molecule has 3 aromatic rings. The van der Waals surface area contributed by atoms with Crippen LogP contribution in [0.3, 0.4) is 0 Å². The number of nitrogens with zero attached hydrogens (tertiary/aromatic N) is 3. The average Bonchev–Trinajstić information content (AvgIpc) is 3.15. The molecule has 1 aromatic heterocycles. The van der Waals surface area contributed by atoms with E-state index in [4.69, 9.17) is 0 Å². The largest absolute Gasteiger partial charge is 0.347 e. The monoisotopic (exact) mass is 405 g/mol. The SMILES string of the molecule is CC(=O)Nc1cccc(C(=O)N2CCC(c3n[nH]c(=O)n3-c3ccccc3)CC2)c1. The molecule has 2 N–H and O–H groups in total. The molecule has 0 aliphatic carbocycles. The number of carbonyl (C=O) groups excluding carboxylic acids is 2. The Morgan fingerprint density at radius 2 is 1.80 bits per heavy atom. The Balaban J connectivity index is 1.47. The molecule has 0 bridgehead atoms. The molecule has 1 aliphatic heterocycles. The first-order valence-electron chi connectivity index (χ1n) is 9.92. The molecular formula is C22H23N5O3. The van der Waals surface area contributed by atoms with Crippen LogP contribution >= 0.6 is 0 Å². The van der Waals surface area contributed by atoms with Crippen LogP contribution in [0.4, 0.5) is 5.69 Å². The first kappa shape index (κ1) is 19.6. The first-order chi connectivity index (χ1) is 14.5. The maximum absolute atomic E-state index is 12.9. The molecule has 0 unspecified atom stereocenters. The fourth-order valence-corrected chi connectivity index (χ4v) is 3.87. The van der Waals surface area contributed by atoms with Crippen LogP contribution in [0.15, 0.2) is 59.4 Å². The lowest BCUT2D eigenvalue weighted by molar-refractivity contribution is -0.114. The van der Waals surface area contributed by atoms with Gasteiger partial charge in [0.15, 0.2) is 0 Å². The van der Waals surface area contributed by atoms with Crippen LogP contribution in [0, 0.1) is 0 Å². The normalized spacial score (nSPS) is 14.5. The van der Waals surface area contributed by atoms with Gasteiger partial charge in [0.1, 0.15) is 5.82 Å². The van der Waals surface area contributed by atoms with Crippen LogP contribution in [0.5, 0.6) is 0 Å². The number of nitrogens with one attached hydrogen (secondary N) is 2. The van der Waals surface area contributed by atoms with Crippen molar-refractivity contribution in [2.75, 3.05) is 18.4 Å². The third-order valence-corrected chi connectivity index (χ3v) is 5.29. The van der Waals surface area contributed by atoms with E-state index in [-0.39, 0.29) is 23.4 Å². The lowest BCUT2D eigenvalue weighted by Crippen LogP contribution is -2.38. The van der Waals surface area contributed by atoms with E-state index in [1.807, 2.05) is 30.3 Å². The Bertz CT molecular complexity index is 1110. The second kappa shape index (κ2) is 8.36. The summed E-state index contributed by atoms with van der Waals surface area (Å²) in [5.41, 5.74) is 1.66. The third kappa shape index (κ3) is 4.03. The van der Waals surface area contributed by atoms with Crippen molar-refractivity contribution in [1.29, 1.82) is 0 Å². The molecule has 30 heavy (non-hydrogen) atoms. The van der Waals surface area contributed by atoms with Crippen LogP contribution in [0.1, 0.15) is 41.9 Å². The lowest BCUT2D eigenvalue weighted by atomic mass is 9.95. The van der Waals surface area contributed by atoms with Gasteiger partial charge < -0.3 is 10.2 Å². The zero-order valence-corrected chi connectivity index (χ0v) is 16.7. The Morgan fingerprint density at radius 3 is 2.50 bits per heavy atom. The predicted molar refractivity (Wildman–Crippen MR) is 113 cm³/mol. The van der Waals surface area contributed by atoms with Gasteiger partial charge >= 0.3 is 5.69 Å². The van der Waals surface area contributed by atoms with E-state index in [1.54, 1.807) is 33.7 Å². The molecule has 8 nitrogen and oxygen atoms in total. The minimum absolute atomic E-state index is 0.0665. The maximum Gasteiger partial charge on any atom is 0.347 e. The van der Waals surface area contributed by atoms with E-state index < -0.39 is 0 Å². The summed E-state index contributed by atoms with van der Waals surface area (Å²) in [6.07, 6.45) is 1.43. The van der Waals surface area contributed by atoms with E-state index in [9.17, 15) is 14.4 Å². The summed E-state index contributed by atoms with van der Waals surface area (Å²) in [4.78, 5) is 38.3. The van der Waals surface area contributed by atoms with Gasteiger partial charge in [-0.25, -0.2) is 14.5 Å². The summed E-state index contributed by atoms with van der Waals surface area (Å²) in [7, 11) is 0. The number of benzene rings is 2. The van der Waals surface area contributed by atoms with Crippen LogP contribution in [-0.2, 0) is 4.79 Å². The summed E-state index contributed by atoms with van der Waals surface area (Å²) in [6.45, 7) is 2.58. The van der Waals surface area contributed by atoms with Gasteiger partial charge in [-0.15, -0.1) is 0 Å². The smallest absolute Gasteiger partial charge is 0.339 e. The Hall–Kier alpha value is -3.68. The van der Waals surface area contributed by atoms with Crippen molar-refractivity contribution in [3.8, 4) is 5.69 Å². The van der Waals surface area contributed by atoms with E-state index in [2.05, 4.69) is 15.5 Å². The fourth-order valence-electron chi connectivity index (χ4n) is 3.87. The van der Waals surface area contributed by atoms with E-state index in [1.165, 1.54) is 6.92 Å². The number of carbonyl (C=O) groups is 2. The van der Waals surface area contributed by atoms with Gasteiger partial charge in [-0.2, -0.15) is 5.10 Å². The number of piperidine rings is 1. The minimum atomic E-state index is -0.260. The molecule has 0 saturated carbocycles. The van der Waals surface area contributed by atoms with Crippen LogP contribution < -0.4 is 11.0 Å². The molecule has 1 saturated heterocycles. The molecule has 1 fully saturated rings.